The van der Waals surface area contributed by atoms with Crippen LogP contribution in [-0.2, 0) is 12.8 Å². The third-order valence-corrected chi connectivity index (χ3v) is 4.15. The van der Waals surface area contributed by atoms with Crippen LogP contribution in [0.4, 0.5) is 0 Å². The van der Waals surface area contributed by atoms with Crippen molar-refractivity contribution in [3.63, 3.8) is 0 Å². The molecule has 3 heteroatoms. The summed E-state index contributed by atoms with van der Waals surface area (Å²) in [6.07, 6.45) is 4.70. The van der Waals surface area contributed by atoms with Crippen molar-refractivity contribution >= 4 is 17.1 Å². The van der Waals surface area contributed by atoms with Gasteiger partial charge in [0.2, 0.25) is 0 Å². The predicted molar refractivity (Wildman–Crippen MR) is 68.4 cm³/mol. The van der Waals surface area contributed by atoms with E-state index in [1.807, 2.05) is 29.9 Å². The average Bonchev–Trinajstić information content (AvgIpc) is 2.86. The van der Waals surface area contributed by atoms with Gasteiger partial charge >= 0.3 is 0 Å². The molecule has 1 unspecified atom stereocenters. The fourth-order valence-corrected chi connectivity index (χ4v) is 3.12. The quantitative estimate of drug-likeness (QED) is 0.811. The Morgan fingerprint density at radius 3 is 3.06 bits per heavy atom. The number of carbonyl (C=O) groups is 1. The molecule has 1 aliphatic rings. The number of fused-ring (bicyclic) bond motifs is 1. The Bertz CT molecular complexity index is 533. The maximum absolute atomic E-state index is 12.3. The van der Waals surface area contributed by atoms with Gasteiger partial charge in [0.05, 0.1) is 5.51 Å². The van der Waals surface area contributed by atoms with Crippen molar-refractivity contribution in [1.29, 1.82) is 0 Å². The fraction of sp³-hybridized carbons (Fsp3) is 0.286. The number of hydrogen-bond acceptors (Lipinski definition) is 3. The lowest BCUT2D eigenvalue weighted by Crippen LogP contribution is -2.24. The van der Waals surface area contributed by atoms with E-state index in [2.05, 4.69) is 11.1 Å². The van der Waals surface area contributed by atoms with Crippen molar-refractivity contribution in [2.75, 3.05) is 0 Å². The third kappa shape index (κ3) is 2.03. The molecule has 86 valence electrons. The van der Waals surface area contributed by atoms with E-state index in [1.165, 1.54) is 10.4 Å². The Labute approximate surface area is 104 Å². The van der Waals surface area contributed by atoms with Crippen LogP contribution in [0.25, 0.3) is 0 Å². The maximum Gasteiger partial charge on any atom is 0.166 e. The Morgan fingerprint density at radius 1 is 1.35 bits per heavy atom. The van der Waals surface area contributed by atoms with E-state index >= 15 is 0 Å². The van der Waals surface area contributed by atoms with Gasteiger partial charge in [-0.1, -0.05) is 24.3 Å². The molecule has 17 heavy (non-hydrogen) atoms. The molecule has 0 aliphatic heterocycles. The molecule has 0 bridgehead atoms. The van der Waals surface area contributed by atoms with Gasteiger partial charge in [-0.15, -0.1) is 11.3 Å². The largest absolute Gasteiger partial charge is 0.294 e. The number of hydrogen-bond donors (Lipinski definition) is 0. The van der Waals surface area contributed by atoms with E-state index in [1.54, 1.807) is 11.3 Å². The lowest BCUT2D eigenvalue weighted by atomic mass is 9.81. The Kier molecular flexibility index (Phi) is 2.77. The number of ketones is 1. The molecule has 2 nitrogen and oxygen atoms in total. The number of aryl methyl sites for hydroxylation is 1. The molecule has 1 aromatic carbocycles. The van der Waals surface area contributed by atoms with Gasteiger partial charge in [-0.2, -0.15) is 0 Å². The smallest absolute Gasteiger partial charge is 0.166 e. The summed E-state index contributed by atoms with van der Waals surface area (Å²) in [6.45, 7) is 0. The normalized spacial score (nSPS) is 19.1. The SMILES string of the molecule is O=C1c2ccccc2CCC1Cc1cncs1. The first kappa shape index (κ1) is 10.7. The summed E-state index contributed by atoms with van der Waals surface area (Å²) in [5.41, 5.74) is 3.96. The van der Waals surface area contributed by atoms with Crippen LogP contribution < -0.4 is 0 Å². The van der Waals surface area contributed by atoms with Crippen molar-refractivity contribution in [2.24, 2.45) is 5.92 Å². The first-order valence-corrected chi connectivity index (χ1v) is 6.72. The standard InChI is InChI=1S/C14H13NOS/c16-14-11(7-12-8-15-9-17-12)6-5-10-3-1-2-4-13(10)14/h1-4,8-9,11H,5-7H2. The first-order chi connectivity index (χ1) is 8.34. The highest BCUT2D eigenvalue weighted by Crippen LogP contribution is 2.28. The van der Waals surface area contributed by atoms with Gasteiger partial charge in [-0.3, -0.25) is 9.78 Å². The van der Waals surface area contributed by atoms with Crippen LogP contribution in [0.1, 0.15) is 27.2 Å². The van der Waals surface area contributed by atoms with Crippen LogP contribution in [-0.4, -0.2) is 10.8 Å². The second-order valence-corrected chi connectivity index (χ2v) is 5.40. The summed E-state index contributed by atoms with van der Waals surface area (Å²) in [5.74, 6) is 0.450. The molecule has 0 amide bonds. The monoisotopic (exact) mass is 243 g/mol. The van der Waals surface area contributed by atoms with E-state index in [0.29, 0.717) is 5.78 Å². The molecule has 0 N–H and O–H groups in total. The minimum atomic E-state index is 0.144. The van der Waals surface area contributed by atoms with Gasteiger partial charge < -0.3 is 0 Å². The van der Waals surface area contributed by atoms with Crippen molar-refractivity contribution in [1.82, 2.24) is 4.98 Å². The maximum atomic E-state index is 12.3. The lowest BCUT2D eigenvalue weighted by molar-refractivity contribution is 0.0902. The zero-order valence-corrected chi connectivity index (χ0v) is 10.2. The highest BCUT2D eigenvalue weighted by atomic mass is 32.1. The summed E-state index contributed by atoms with van der Waals surface area (Å²) in [4.78, 5) is 17.6. The minimum absolute atomic E-state index is 0.144. The van der Waals surface area contributed by atoms with Crippen LogP contribution >= 0.6 is 11.3 Å². The van der Waals surface area contributed by atoms with E-state index in [-0.39, 0.29) is 5.92 Å². The van der Waals surface area contributed by atoms with E-state index in [0.717, 1.165) is 24.8 Å². The highest BCUT2D eigenvalue weighted by Gasteiger charge is 2.27. The molecule has 1 atom stereocenters. The fourth-order valence-electron chi connectivity index (χ4n) is 2.44. The lowest BCUT2D eigenvalue weighted by Gasteiger charge is -2.22. The van der Waals surface area contributed by atoms with E-state index < -0.39 is 0 Å². The molecule has 0 radical (unpaired) electrons. The molecule has 2 aromatic rings. The predicted octanol–water partition coefficient (Wildman–Crippen LogP) is 3.13. The molecule has 3 rings (SSSR count). The molecule has 0 saturated heterocycles. The van der Waals surface area contributed by atoms with Gasteiger partial charge in [0, 0.05) is 22.6 Å². The van der Waals surface area contributed by atoms with E-state index in [9.17, 15) is 4.79 Å². The zero-order valence-electron chi connectivity index (χ0n) is 9.43. The van der Waals surface area contributed by atoms with Gasteiger partial charge in [-0.05, 0) is 24.8 Å². The summed E-state index contributed by atoms with van der Waals surface area (Å²) in [6, 6.07) is 7.98. The molecule has 1 aliphatic carbocycles. The summed E-state index contributed by atoms with van der Waals surface area (Å²) < 4.78 is 0. The Balaban J connectivity index is 1.84. The molecule has 1 aromatic heterocycles. The summed E-state index contributed by atoms with van der Waals surface area (Å²) in [7, 11) is 0. The summed E-state index contributed by atoms with van der Waals surface area (Å²) in [5, 5.41) is 0. The number of rotatable bonds is 2. The van der Waals surface area contributed by atoms with Gasteiger partial charge in [0.1, 0.15) is 0 Å². The van der Waals surface area contributed by atoms with Gasteiger partial charge in [-0.25, -0.2) is 0 Å². The molecule has 0 spiro atoms. The number of thiazole rings is 1. The van der Waals surface area contributed by atoms with Crippen molar-refractivity contribution in [3.05, 3.63) is 52.0 Å². The Morgan fingerprint density at radius 2 is 2.24 bits per heavy atom. The minimum Gasteiger partial charge on any atom is -0.294 e. The van der Waals surface area contributed by atoms with Gasteiger partial charge in [0.25, 0.3) is 0 Å². The highest BCUT2D eigenvalue weighted by molar-refractivity contribution is 7.09. The second-order valence-electron chi connectivity index (χ2n) is 4.43. The Hall–Kier alpha value is -1.48. The topological polar surface area (TPSA) is 30.0 Å². The number of aromatic nitrogens is 1. The van der Waals surface area contributed by atoms with E-state index in [4.69, 9.17) is 0 Å². The number of benzene rings is 1. The van der Waals surface area contributed by atoms with Crippen molar-refractivity contribution in [2.45, 2.75) is 19.3 Å². The molecule has 0 saturated carbocycles. The van der Waals surface area contributed by atoms with Crippen LogP contribution in [0.15, 0.2) is 36.0 Å². The van der Waals surface area contributed by atoms with Crippen LogP contribution in [0.3, 0.4) is 0 Å². The second kappa shape index (κ2) is 4.41. The van der Waals surface area contributed by atoms with Gasteiger partial charge in [0.15, 0.2) is 5.78 Å². The zero-order chi connectivity index (χ0) is 11.7. The number of Topliss-reactive ketones (excluding diaryl/α,β-unsaturated/α-hetero) is 1. The number of nitrogens with zero attached hydrogens (tertiary/aromatic N) is 1. The average molecular weight is 243 g/mol. The molecule has 0 fully saturated rings. The summed E-state index contributed by atoms with van der Waals surface area (Å²) >= 11 is 1.64. The van der Waals surface area contributed by atoms with Crippen LogP contribution in [0.2, 0.25) is 0 Å². The molecular formula is C14H13NOS. The first-order valence-electron chi connectivity index (χ1n) is 5.84. The van der Waals surface area contributed by atoms with Crippen molar-refractivity contribution in [3.8, 4) is 0 Å². The van der Waals surface area contributed by atoms with Crippen LogP contribution in [0, 0.1) is 5.92 Å². The third-order valence-electron chi connectivity index (χ3n) is 3.35. The molecular weight excluding hydrogens is 230 g/mol. The molecule has 1 heterocycles. The van der Waals surface area contributed by atoms with Crippen LogP contribution in [0.5, 0.6) is 0 Å². The van der Waals surface area contributed by atoms with Crippen molar-refractivity contribution < 1.29 is 4.79 Å². The number of carbonyl (C=O) groups excluding carboxylic acids is 1.